The molecule has 0 amide bonds. The van der Waals surface area contributed by atoms with Gasteiger partial charge in [0.15, 0.2) is 5.96 Å². The fourth-order valence-electron chi connectivity index (χ4n) is 3.16. The molecule has 0 aromatic carbocycles. The fourth-order valence-corrected chi connectivity index (χ4v) is 3.16. The van der Waals surface area contributed by atoms with Crippen LogP contribution in [0.2, 0.25) is 0 Å². The standard InChI is InChI=1S/C17H34N4O2/c1-3-18-17(20-12-15-6-4-9-21(2)13-15)19-8-5-10-23-16-7-11-22-14-16/h15-16H,3-14H2,1-2H3,(H2,18,19,20). The van der Waals surface area contributed by atoms with Crippen LogP contribution in [0.4, 0.5) is 0 Å². The highest BCUT2D eigenvalue weighted by Gasteiger charge is 2.17. The molecule has 0 saturated carbocycles. The molecule has 0 aliphatic carbocycles. The normalized spacial score (nSPS) is 26.4. The smallest absolute Gasteiger partial charge is 0.191 e. The minimum absolute atomic E-state index is 0.306. The predicted molar refractivity (Wildman–Crippen MR) is 94.0 cm³/mol. The van der Waals surface area contributed by atoms with Crippen LogP contribution in [0.15, 0.2) is 4.99 Å². The van der Waals surface area contributed by atoms with E-state index in [2.05, 4.69) is 29.5 Å². The van der Waals surface area contributed by atoms with Gasteiger partial charge in [-0.25, -0.2) is 0 Å². The Morgan fingerprint density at radius 2 is 2.26 bits per heavy atom. The van der Waals surface area contributed by atoms with Crippen LogP contribution in [0.25, 0.3) is 0 Å². The Bertz CT molecular complexity index is 345. The number of hydrogen-bond donors (Lipinski definition) is 2. The van der Waals surface area contributed by atoms with Gasteiger partial charge in [0.25, 0.3) is 0 Å². The number of aliphatic imine (C=N–C) groups is 1. The molecule has 2 atom stereocenters. The van der Waals surface area contributed by atoms with E-state index in [-0.39, 0.29) is 0 Å². The van der Waals surface area contributed by atoms with E-state index in [4.69, 9.17) is 14.5 Å². The summed E-state index contributed by atoms with van der Waals surface area (Å²) in [6, 6.07) is 0. The molecule has 23 heavy (non-hydrogen) atoms. The highest BCUT2D eigenvalue weighted by molar-refractivity contribution is 5.79. The summed E-state index contributed by atoms with van der Waals surface area (Å²) >= 11 is 0. The molecule has 0 aromatic heterocycles. The minimum atomic E-state index is 0.306. The molecule has 2 aliphatic rings. The van der Waals surface area contributed by atoms with Crippen LogP contribution in [0.1, 0.15) is 32.6 Å². The topological polar surface area (TPSA) is 58.1 Å². The van der Waals surface area contributed by atoms with E-state index in [0.717, 1.165) is 58.3 Å². The molecule has 0 radical (unpaired) electrons. The summed E-state index contributed by atoms with van der Waals surface area (Å²) in [7, 11) is 2.20. The fraction of sp³-hybridized carbons (Fsp3) is 0.941. The van der Waals surface area contributed by atoms with E-state index in [0.29, 0.717) is 12.0 Å². The van der Waals surface area contributed by atoms with Crippen molar-refractivity contribution in [3.63, 3.8) is 0 Å². The monoisotopic (exact) mass is 326 g/mol. The first kappa shape index (κ1) is 18.5. The number of guanidine groups is 1. The summed E-state index contributed by atoms with van der Waals surface area (Å²) in [5.74, 6) is 1.62. The molecule has 2 heterocycles. The van der Waals surface area contributed by atoms with Crippen molar-refractivity contribution in [3.8, 4) is 0 Å². The van der Waals surface area contributed by atoms with Crippen LogP contribution in [-0.4, -0.2) is 76.6 Å². The Kier molecular flexibility index (Phi) is 8.71. The Morgan fingerprint density at radius 1 is 1.35 bits per heavy atom. The van der Waals surface area contributed by atoms with Crippen molar-refractivity contribution in [1.82, 2.24) is 15.5 Å². The van der Waals surface area contributed by atoms with Gasteiger partial charge in [-0.05, 0) is 52.1 Å². The van der Waals surface area contributed by atoms with Gasteiger partial charge in [-0.15, -0.1) is 0 Å². The quantitative estimate of drug-likeness (QED) is 0.397. The van der Waals surface area contributed by atoms with Crippen LogP contribution >= 0.6 is 0 Å². The Morgan fingerprint density at radius 3 is 3.00 bits per heavy atom. The van der Waals surface area contributed by atoms with Gasteiger partial charge >= 0.3 is 0 Å². The van der Waals surface area contributed by atoms with E-state index in [1.165, 1.54) is 25.9 Å². The molecule has 2 saturated heterocycles. The molecular formula is C17H34N4O2. The summed E-state index contributed by atoms with van der Waals surface area (Å²) < 4.78 is 11.1. The lowest BCUT2D eigenvalue weighted by atomic mass is 9.99. The van der Waals surface area contributed by atoms with Crippen molar-refractivity contribution < 1.29 is 9.47 Å². The summed E-state index contributed by atoms with van der Waals surface area (Å²) in [6.45, 7) is 9.59. The highest BCUT2D eigenvalue weighted by atomic mass is 16.5. The lowest BCUT2D eigenvalue weighted by Gasteiger charge is -2.28. The maximum absolute atomic E-state index is 5.78. The van der Waals surface area contributed by atoms with Crippen LogP contribution in [0.3, 0.4) is 0 Å². The van der Waals surface area contributed by atoms with Crippen molar-refractivity contribution in [3.05, 3.63) is 0 Å². The first-order valence-corrected chi connectivity index (χ1v) is 9.18. The van der Waals surface area contributed by atoms with E-state index < -0.39 is 0 Å². The van der Waals surface area contributed by atoms with Gasteiger partial charge in [-0.1, -0.05) is 0 Å². The van der Waals surface area contributed by atoms with E-state index in [1.807, 2.05) is 0 Å². The van der Waals surface area contributed by atoms with E-state index >= 15 is 0 Å². The van der Waals surface area contributed by atoms with Crippen LogP contribution in [0.5, 0.6) is 0 Å². The molecule has 2 rings (SSSR count). The number of likely N-dealkylation sites (tertiary alicyclic amines) is 1. The molecule has 0 bridgehead atoms. The number of rotatable bonds is 8. The molecular weight excluding hydrogens is 292 g/mol. The summed E-state index contributed by atoms with van der Waals surface area (Å²) in [6.07, 6.45) is 4.92. The van der Waals surface area contributed by atoms with Crippen molar-refractivity contribution in [1.29, 1.82) is 0 Å². The third-order valence-corrected chi connectivity index (χ3v) is 4.43. The average Bonchev–Trinajstić information content (AvgIpc) is 3.05. The molecule has 0 spiro atoms. The first-order chi connectivity index (χ1) is 11.3. The van der Waals surface area contributed by atoms with Crippen molar-refractivity contribution in [2.24, 2.45) is 10.9 Å². The predicted octanol–water partition coefficient (Wildman–Crippen LogP) is 1.08. The van der Waals surface area contributed by atoms with Crippen LogP contribution in [0, 0.1) is 5.92 Å². The minimum Gasteiger partial charge on any atom is -0.379 e. The maximum atomic E-state index is 5.78. The van der Waals surface area contributed by atoms with Gasteiger partial charge in [0, 0.05) is 39.4 Å². The summed E-state index contributed by atoms with van der Waals surface area (Å²) in [5.41, 5.74) is 0. The third-order valence-electron chi connectivity index (χ3n) is 4.43. The maximum Gasteiger partial charge on any atom is 0.191 e. The van der Waals surface area contributed by atoms with Crippen molar-refractivity contribution in [2.45, 2.75) is 38.7 Å². The third kappa shape index (κ3) is 7.50. The van der Waals surface area contributed by atoms with Crippen LogP contribution in [-0.2, 0) is 9.47 Å². The molecule has 2 fully saturated rings. The van der Waals surface area contributed by atoms with E-state index in [9.17, 15) is 0 Å². The molecule has 2 aliphatic heterocycles. The molecule has 0 aromatic rings. The molecule has 6 nitrogen and oxygen atoms in total. The second-order valence-electron chi connectivity index (χ2n) is 6.63. The molecule has 6 heteroatoms. The van der Waals surface area contributed by atoms with Gasteiger partial charge < -0.3 is 25.0 Å². The zero-order chi connectivity index (χ0) is 16.3. The Balaban J connectivity index is 1.60. The number of piperidine rings is 1. The average molecular weight is 326 g/mol. The highest BCUT2D eigenvalue weighted by Crippen LogP contribution is 2.15. The van der Waals surface area contributed by atoms with Gasteiger partial charge in [0.05, 0.1) is 12.7 Å². The Labute approximate surface area is 141 Å². The lowest BCUT2D eigenvalue weighted by Crippen LogP contribution is -2.39. The second-order valence-corrected chi connectivity index (χ2v) is 6.63. The SMILES string of the molecule is CCNC(=NCC1CCCN(C)C1)NCCCOC1CCOC1. The number of nitrogens with one attached hydrogen (secondary N) is 2. The van der Waals surface area contributed by atoms with Gasteiger partial charge in [-0.3, -0.25) is 4.99 Å². The van der Waals surface area contributed by atoms with Gasteiger partial charge in [0.2, 0.25) is 0 Å². The van der Waals surface area contributed by atoms with Crippen molar-refractivity contribution >= 4 is 5.96 Å². The lowest BCUT2D eigenvalue weighted by molar-refractivity contribution is 0.0420. The van der Waals surface area contributed by atoms with Crippen molar-refractivity contribution in [2.75, 3.05) is 59.6 Å². The molecule has 134 valence electrons. The molecule has 2 unspecified atom stereocenters. The number of hydrogen-bond acceptors (Lipinski definition) is 4. The van der Waals surface area contributed by atoms with Gasteiger partial charge in [-0.2, -0.15) is 0 Å². The zero-order valence-corrected chi connectivity index (χ0v) is 14.9. The summed E-state index contributed by atoms with van der Waals surface area (Å²) in [5, 5.41) is 6.74. The van der Waals surface area contributed by atoms with E-state index in [1.54, 1.807) is 0 Å². The largest absolute Gasteiger partial charge is 0.379 e. The second kappa shape index (κ2) is 10.8. The zero-order valence-electron chi connectivity index (χ0n) is 14.9. The molecule has 2 N–H and O–H groups in total. The number of nitrogens with zero attached hydrogens (tertiary/aromatic N) is 2. The van der Waals surface area contributed by atoms with Gasteiger partial charge in [0.1, 0.15) is 0 Å². The number of ether oxygens (including phenoxy) is 2. The first-order valence-electron chi connectivity index (χ1n) is 9.18. The summed E-state index contributed by atoms with van der Waals surface area (Å²) in [4.78, 5) is 7.16. The van der Waals surface area contributed by atoms with Crippen LogP contribution < -0.4 is 10.6 Å². The Hall–Kier alpha value is -0.850.